The summed E-state index contributed by atoms with van der Waals surface area (Å²) in [4.78, 5) is 0. The Balaban J connectivity index is 1.35. The SMILES string of the molecule is CCCCCCCCCCCCc1cc2c(C#C[Si](C(C)C)(C(C)C)C(C)C)c3cc4cc5c(cc4cc3c(C#C[Si](C(C)C)(C(C)C)C(C)C)c2cc1CCCCCCCCCCCC)-c1cc2cc3c(C#C[Si](C(C)C)(C(C)C)C(C)C)c4cc(CCCCCCCCCCCC)c(CCCCCCCCCCCC)cc4c(C#C[Si](C(C)C)(C(C)C)C(C)C)c3cc2cc1-5. The summed E-state index contributed by atoms with van der Waals surface area (Å²) in [7, 11) is -8.91. The molecule has 0 nitrogen and oxygen atoms in total. The summed E-state index contributed by atoms with van der Waals surface area (Å²) in [6, 6.07) is 31.9. The van der Waals surface area contributed by atoms with Crippen LogP contribution in [0.5, 0.6) is 0 Å². The maximum atomic E-state index is 4.44. The molecular formula is C128H196Si4. The second-order valence-corrected chi connectivity index (χ2v) is 68.8. The third-order valence-electron chi connectivity index (χ3n) is 33.9. The van der Waals surface area contributed by atoms with E-state index < -0.39 is 32.3 Å². The highest BCUT2D eigenvalue weighted by molar-refractivity contribution is 6.92. The van der Waals surface area contributed by atoms with Crippen LogP contribution in [0.4, 0.5) is 0 Å². The third-order valence-corrected chi connectivity index (χ3v) is 59.1. The van der Waals surface area contributed by atoms with Gasteiger partial charge in [-0.25, -0.2) is 0 Å². The van der Waals surface area contributed by atoms with Crippen molar-refractivity contribution in [3.8, 4) is 68.1 Å². The van der Waals surface area contributed by atoms with Crippen molar-refractivity contribution in [3.05, 3.63) is 117 Å². The molecule has 0 heterocycles. The number of aryl methyl sites for hydroxylation is 4. The molecular weight excluding hydrogens is 1650 g/mol. The summed E-state index contributed by atoms with van der Waals surface area (Å²) in [5, 5.41) is 15.8. The molecule has 0 spiro atoms. The molecule has 0 bridgehead atoms. The molecule has 0 fully saturated rings. The quantitative estimate of drug-likeness (QED) is 0.0154. The fourth-order valence-electron chi connectivity index (χ4n) is 26.2. The topological polar surface area (TPSA) is 0 Å². The number of benzene rings is 8. The smallest absolute Gasteiger partial charge is 0.125 e. The minimum atomic E-state index is -2.23. The third kappa shape index (κ3) is 26.7. The van der Waals surface area contributed by atoms with E-state index in [-0.39, 0.29) is 0 Å². The Kier molecular flexibility index (Phi) is 44.7. The highest BCUT2D eigenvalue weighted by Crippen LogP contribution is 2.54. The van der Waals surface area contributed by atoms with Gasteiger partial charge in [0.15, 0.2) is 0 Å². The second kappa shape index (κ2) is 53.6. The first-order chi connectivity index (χ1) is 63.3. The molecule has 8 aromatic carbocycles. The molecule has 0 amide bonds. The van der Waals surface area contributed by atoms with Crippen molar-refractivity contribution in [3.63, 3.8) is 0 Å². The Morgan fingerprint density at radius 2 is 0.295 bits per heavy atom. The van der Waals surface area contributed by atoms with Gasteiger partial charge < -0.3 is 0 Å². The average molecular weight is 1850 g/mol. The van der Waals surface area contributed by atoms with Crippen molar-refractivity contribution < 1.29 is 0 Å². The van der Waals surface area contributed by atoms with E-state index in [9.17, 15) is 0 Å². The van der Waals surface area contributed by atoms with Crippen molar-refractivity contribution >= 4 is 96.9 Å². The van der Waals surface area contributed by atoms with Crippen molar-refractivity contribution in [2.45, 2.75) is 543 Å². The highest BCUT2D eigenvalue weighted by atomic mass is 28.3. The van der Waals surface area contributed by atoms with Crippen LogP contribution in [0.3, 0.4) is 0 Å². The maximum absolute atomic E-state index is 4.44. The molecule has 0 unspecified atom stereocenters. The minimum Gasteiger partial charge on any atom is -0.125 e. The van der Waals surface area contributed by atoms with Gasteiger partial charge in [-0.2, -0.15) is 0 Å². The van der Waals surface area contributed by atoms with Gasteiger partial charge in [-0.15, -0.1) is 22.2 Å². The van der Waals surface area contributed by atoms with Crippen molar-refractivity contribution in [2.24, 2.45) is 0 Å². The molecule has 0 saturated carbocycles. The first kappa shape index (κ1) is 110. The lowest BCUT2D eigenvalue weighted by Gasteiger charge is -2.38. The molecule has 0 aromatic heterocycles. The zero-order valence-electron chi connectivity index (χ0n) is 91.0. The molecule has 0 N–H and O–H groups in total. The molecule has 8 aromatic rings. The largest absolute Gasteiger partial charge is 0.146 e. The highest BCUT2D eigenvalue weighted by Gasteiger charge is 2.46. The van der Waals surface area contributed by atoms with E-state index >= 15 is 0 Å². The predicted molar refractivity (Wildman–Crippen MR) is 610 cm³/mol. The van der Waals surface area contributed by atoms with Gasteiger partial charge in [-0.3, -0.25) is 0 Å². The van der Waals surface area contributed by atoms with Gasteiger partial charge in [0.2, 0.25) is 0 Å². The number of rotatable bonds is 56. The Morgan fingerprint density at radius 3 is 0.432 bits per heavy atom. The molecule has 9 rings (SSSR count). The van der Waals surface area contributed by atoms with Crippen molar-refractivity contribution in [1.82, 2.24) is 0 Å². The van der Waals surface area contributed by atoms with Crippen LogP contribution in [0.1, 0.15) is 495 Å². The van der Waals surface area contributed by atoms with E-state index in [1.807, 2.05) is 0 Å². The average Bonchev–Trinajstić information content (AvgIpc) is 0.701. The standard InChI is InChI=1S/C128H196Si4/c1-29-33-37-41-45-49-53-57-61-65-69-105-81-117-113(73-77-129(93(5)6,94(7)8)95(9)10)121-85-109-89-125-126(90-110(109)86-122(121)114(74-78-130(96(11)12,97(13)14)98(15)16)118(117)82-106(105)70-66-62-58-54-50-46-42-38-34-30-2)128-92-112-88-124-116(76-80-132(102(23)24,103(25)26)104(27)28)120-84-108(72-68-64-60-56-52-48-44-40-36-32-4)107(71-67-63-59-55-51-47-43-39-35-31-3)83-119(120)115(123(124)87-111(112)91-127(125)128)75-79-131(99(17)18,100(19)20)101(21)22/h81-104H,29-72H2,1-28H3. The molecule has 724 valence electrons. The summed E-state index contributed by atoms with van der Waals surface area (Å²) < 4.78 is 0. The van der Waals surface area contributed by atoms with Gasteiger partial charge in [0.1, 0.15) is 32.3 Å². The fraction of sp³-hybridized carbons (Fsp3) is 0.656. The number of hydrogen-bond donors (Lipinski definition) is 0. The summed E-state index contributed by atoms with van der Waals surface area (Å²) >= 11 is 0. The Bertz CT molecular complexity index is 4490. The molecule has 4 heteroatoms. The van der Waals surface area contributed by atoms with E-state index in [1.54, 1.807) is 22.3 Å². The van der Waals surface area contributed by atoms with E-state index in [0.717, 1.165) is 25.7 Å². The molecule has 0 aliphatic heterocycles. The van der Waals surface area contributed by atoms with Crippen LogP contribution in [-0.4, -0.2) is 32.3 Å². The van der Waals surface area contributed by atoms with E-state index in [0.29, 0.717) is 66.5 Å². The molecule has 0 atom stereocenters. The summed E-state index contributed by atoms with van der Waals surface area (Å²) in [6.45, 7) is 69.5. The lowest BCUT2D eigenvalue weighted by Crippen LogP contribution is -2.43. The van der Waals surface area contributed by atoms with Gasteiger partial charge in [-0.05, 0) is 300 Å². The van der Waals surface area contributed by atoms with Gasteiger partial charge >= 0.3 is 0 Å². The lowest BCUT2D eigenvalue weighted by atomic mass is 9.77. The van der Waals surface area contributed by atoms with Crippen LogP contribution < -0.4 is 0 Å². The van der Waals surface area contributed by atoms with Crippen LogP contribution in [0.15, 0.2) is 72.8 Å². The summed E-state index contributed by atoms with van der Waals surface area (Å²) in [5.41, 5.74) is 40.6. The van der Waals surface area contributed by atoms with E-state index in [1.165, 1.54) is 366 Å². The van der Waals surface area contributed by atoms with Crippen molar-refractivity contribution in [2.75, 3.05) is 0 Å². The normalized spacial score (nSPS) is 12.8. The lowest BCUT2D eigenvalue weighted by molar-refractivity contribution is 0.553. The first-order valence-electron chi connectivity index (χ1n) is 56.5. The Morgan fingerprint density at radius 1 is 0.167 bits per heavy atom. The molecule has 0 radical (unpaired) electrons. The van der Waals surface area contributed by atoms with Gasteiger partial charge in [0, 0.05) is 22.3 Å². The van der Waals surface area contributed by atoms with Crippen LogP contribution >= 0.6 is 0 Å². The second-order valence-electron chi connectivity index (χ2n) is 46.4. The number of unbranched alkanes of at least 4 members (excludes halogenated alkanes) is 36. The zero-order valence-corrected chi connectivity index (χ0v) is 95.0. The summed E-state index contributed by atoms with van der Waals surface area (Å²) in [6.07, 6.45) is 58.5. The van der Waals surface area contributed by atoms with Crippen LogP contribution in [0.25, 0.3) is 86.9 Å². The first-order valence-corrected chi connectivity index (χ1v) is 65.4. The molecule has 1 aliphatic carbocycles. The molecule has 1 aliphatic rings. The molecule has 132 heavy (non-hydrogen) atoms. The maximum Gasteiger partial charge on any atom is 0.146 e. The van der Waals surface area contributed by atoms with Crippen LogP contribution in [-0.2, 0) is 25.7 Å². The van der Waals surface area contributed by atoms with Crippen LogP contribution in [0.2, 0.25) is 66.5 Å². The van der Waals surface area contributed by atoms with E-state index in [4.69, 9.17) is 0 Å². The summed E-state index contributed by atoms with van der Waals surface area (Å²) in [5.74, 6) is 17.4. The Hall–Kier alpha value is -5.57. The monoisotopic (exact) mass is 1850 g/mol. The van der Waals surface area contributed by atoms with Gasteiger partial charge in [-0.1, -0.05) is 449 Å². The van der Waals surface area contributed by atoms with E-state index in [2.05, 4.69) is 313 Å². The molecule has 0 saturated heterocycles. The van der Waals surface area contributed by atoms with Gasteiger partial charge in [0.25, 0.3) is 0 Å². The van der Waals surface area contributed by atoms with Gasteiger partial charge in [0.05, 0.1) is 0 Å². The van der Waals surface area contributed by atoms with Crippen LogP contribution in [0, 0.1) is 45.9 Å². The minimum absolute atomic E-state index is 0.512. The Labute approximate surface area is 819 Å². The number of fused-ring (bicyclic) bond motifs is 10. The fourth-order valence-corrected chi connectivity index (χ4v) is 47.1. The van der Waals surface area contributed by atoms with Crippen molar-refractivity contribution in [1.29, 1.82) is 0 Å². The predicted octanol–water partition coefficient (Wildman–Crippen LogP) is 42.4. The zero-order chi connectivity index (χ0) is 96.0. The number of hydrogen-bond acceptors (Lipinski definition) is 0.